The van der Waals surface area contributed by atoms with Crippen molar-refractivity contribution in [3.8, 4) is 0 Å². The maximum Gasteiger partial charge on any atom is 0.150 e. The van der Waals surface area contributed by atoms with E-state index in [0.717, 1.165) is 6.42 Å². The van der Waals surface area contributed by atoms with Crippen LogP contribution in [0.5, 0.6) is 0 Å². The molecule has 0 saturated carbocycles. The van der Waals surface area contributed by atoms with Crippen LogP contribution >= 0.6 is 0 Å². The fourth-order valence-corrected chi connectivity index (χ4v) is 3.80. The monoisotopic (exact) mass is 277 g/mol. The van der Waals surface area contributed by atoms with Crippen LogP contribution in [0.2, 0.25) is 0 Å². The third kappa shape index (κ3) is 3.93. The number of sulfone groups is 1. The van der Waals surface area contributed by atoms with Crippen molar-refractivity contribution in [2.24, 2.45) is 17.6 Å². The molecule has 0 aromatic carbocycles. The van der Waals surface area contributed by atoms with Crippen LogP contribution in [0.1, 0.15) is 40.5 Å². The number of hydrogen-bond acceptors (Lipinski definition) is 4. The SMILES string of the molecule is CCS(=O)(=O)CCCC(N)C1C(C)OC(C)C1C. The summed E-state index contributed by atoms with van der Waals surface area (Å²) in [5, 5.41) is 0. The Balaban J connectivity index is 2.44. The highest BCUT2D eigenvalue weighted by Crippen LogP contribution is 2.34. The van der Waals surface area contributed by atoms with E-state index in [9.17, 15) is 8.42 Å². The van der Waals surface area contributed by atoms with Crippen molar-refractivity contribution in [3.05, 3.63) is 0 Å². The maximum atomic E-state index is 11.4. The fraction of sp³-hybridized carbons (Fsp3) is 1.00. The average Bonchev–Trinajstić information content (AvgIpc) is 2.53. The molecule has 0 aromatic heterocycles. The summed E-state index contributed by atoms with van der Waals surface area (Å²) in [6, 6.07) is 0.0343. The average molecular weight is 277 g/mol. The minimum atomic E-state index is -2.86. The highest BCUT2D eigenvalue weighted by molar-refractivity contribution is 7.91. The van der Waals surface area contributed by atoms with Gasteiger partial charge in [-0.1, -0.05) is 13.8 Å². The van der Waals surface area contributed by atoms with Gasteiger partial charge in [0.1, 0.15) is 9.84 Å². The van der Waals surface area contributed by atoms with Gasteiger partial charge in [0, 0.05) is 17.7 Å². The predicted octanol–water partition coefficient (Wildman–Crippen LogP) is 1.59. The molecule has 18 heavy (non-hydrogen) atoms. The summed E-state index contributed by atoms with van der Waals surface area (Å²) in [6.07, 6.45) is 1.83. The Labute approximate surface area is 111 Å². The zero-order chi connectivity index (χ0) is 13.9. The summed E-state index contributed by atoms with van der Waals surface area (Å²) >= 11 is 0. The third-order valence-corrected chi connectivity index (χ3v) is 6.04. The summed E-state index contributed by atoms with van der Waals surface area (Å²) in [5.41, 5.74) is 6.22. The molecular formula is C13H27NO3S. The first-order valence-electron chi connectivity index (χ1n) is 6.90. The predicted molar refractivity (Wildman–Crippen MR) is 74.2 cm³/mol. The second-order valence-electron chi connectivity index (χ2n) is 5.53. The van der Waals surface area contributed by atoms with E-state index in [1.807, 2.05) is 0 Å². The van der Waals surface area contributed by atoms with Crippen LogP contribution < -0.4 is 5.73 Å². The number of nitrogens with two attached hydrogens (primary N) is 1. The van der Waals surface area contributed by atoms with Gasteiger partial charge in [-0.2, -0.15) is 0 Å². The highest BCUT2D eigenvalue weighted by atomic mass is 32.2. The van der Waals surface area contributed by atoms with Crippen LogP contribution in [-0.4, -0.2) is 38.2 Å². The van der Waals surface area contributed by atoms with Gasteiger partial charge >= 0.3 is 0 Å². The van der Waals surface area contributed by atoms with E-state index >= 15 is 0 Å². The van der Waals surface area contributed by atoms with Crippen molar-refractivity contribution in [2.75, 3.05) is 11.5 Å². The van der Waals surface area contributed by atoms with Gasteiger partial charge in [-0.05, 0) is 32.6 Å². The normalized spacial score (nSPS) is 34.7. The first-order chi connectivity index (χ1) is 8.28. The van der Waals surface area contributed by atoms with Crippen LogP contribution in [0.4, 0.5) is 0 Å². The molecule has 0 amide bonds. The molecule has 0 bridgehead atoms. The van der Waals surface area contributed by atoms with Gasteiger partial charge in [0.25, 0.3) is 0 Å². The van der Waals surface area contributed by atoms with E-state index in [1.54, 1.807) is 6.92 Å². The van der Waals surface area contributed by atoms with Crippen molar-refractivity contribution < 1.29 is 13.2 Å². The smallest absolute Gasteiger partial charge is 0.150 e. The molecule has 0 spiro atoms. The quantitative estimate of drug-likeness (QED) is 0.800. The molecule has 108 valence electrons. The highest BCUT2D eigenvalue weighted by Gasteiger charge is 2.40. The van der Waals surface area contributed by atoms with Crippen molar-refractivity contribution in [3.63, 3.8) is 0 Å². The molecule has 1 heterocycles. The van der Waals surface area contributed by atoms with Crippen molar-refractivity contribution in [1.29, 1.82) is 0 Å². The van der Waals surface area contributed by atoms with Gasteiger partial charge in [-0.25, -0.2) is 8.42 Å². The molecule has 2 N–H and O–H groups in total. The summed E-state index contributed by atoms with van der Waals surface area (Å²) in [6.45, 7) is 8.00. The van der Waals surface area contributed by atoms with Crippen molar-refractivity contribution in [2.45, 2.75) is 58.8 Å². The van der Waals surface area contributed by atoms with E-state index in [-0.39, 0.29) is 29.8 Å². The van der Waals surface area contributed by atoms with Gasteiger partial charge in [0.15, 0.2) is 0 Å². The van der Waals surface area contributed by atoms with E-state index in [4.69, 9.17) is 10.5 Å². The molecule has 1 rings (SSSR count). The van der Waals surface area contributed by atoms with E-state index in [0.29, 0.717) is 18.3 Å². The summed E-state index contributed by atoms with van der Waals surface area (Å²) in [7, 11) is -2.86. The van der Waals surface area contributed by atoms with Gasteiger partial charge in [0.05, 0.1) is 18.0 Å². The van der Waals surface area contributed by atoms with Gasteiger partial charge in [-0.3, -0.25) is 0 Å². The fourth-order valence-electron chi connectivity index (χ4n) is 2.91. The first-order valence-corrected chi connectivity index (χ1v) is 8.72. The van der Waals surface area contributed by atoms with Gasteiger partial charge in [0.2, 0.25) is 0 Å². The molecule has 5 atom stereocenters. The Kier molecular flexibility index (Phi) is 5.62. The molecule has 5 unspecified atom stereocenters. The minimum absolute atomic E-state index is 0.0343. The summed E-state index contributed by atoms with van der Waals surface area (Å²) in [4.78, 5) is 0. The number of hydrogen-bond donors (Lipinski definition) is 1. The lowest BCUT2D eigenvalue weighted by Gasteiger charge is -2.25. The molecule has 1 saturated heterocycles. The molecular weight excluding hydrogens is 250 g/mol. The topological polar surface area (TPSA) is 69.4 Å². The molecule has 5 heteroatoms. The Morgan fingerprint density at radius 2 is 1.83 bits per heavy atom. The Morgan fingerprint density at radius 1 is 1.22 bits per heavy atom. The Morgan fingerprint density at radius 3 is 2.28 bits per heavy atom. The molecule has 1 aliphatic rings. The van der Waals surface area contributed by atoms with Crippen LogP contribution in [-0.2, 0) is 14.6 Å². The second-order valence-corrected chi connectivity index (χ2v) is 8.00. The number of ether oxygens (including phenoxy) is 1. The molecule has 0 aliphatic carbocycles. The van der Waals surface area contributed by atoms with E-state index in [2.05, 4.69) is 20.8 Å². The van der Waals surface area contributed by atoms with Crippen molar-refractivity contribution in [1.82, 2.24) is 0 Å². The van der Waals surface area contributed by atoms with Gasteiger partial charge in [-0.15, -0.1) is 0 Å². The number of rotatable bonds is 6. The Bertz CT molecular complexity index is 355. The minimum Gasteiger partial charge on any atom is -0.375 e. The molecule has 1 aliphatic heterocycles. The van der Waals surface area contributed by atoms with Crippen LogP contribution in [0.25, 0.3) is 0 Å². The van der Waals surface area contributed by atoms with Crippen molar-refractivity contribution >= 4 is 9.84 Å². The van der Waals surface area contributed by atoms with Gasteiger partial charge < -0.3 is 10.5 Å². The van der Waals surface area contributed by atoms with E-state index in [1.165, 1.54) is 0 Å². The lowest BCUT2D eigenvalue weighted by Crippen LogP contribution is -2.38. The molecule has 4 nitrogen and oxygen atoms in total. The van der Waals surface area contributed by atoms with Crippen LogP contribution in [0.3, 0.4) is 0 Å². The maximum absolute atomic E-state index is 11.4. The lowest BCUT2D eigenvalue weighted by atomic mass is 9.82. The van der Waals surface area contributed by atoms with E-state index < -0.39 is 9.84 Å². The summed E-state index contributed by atoms with van der Waals surface area (Å²) < 4.78 is 28.6. The zero-order valence-electron chi connectivity index (χ0n) is 11.9. The summed E-state index contributed by atoms with van der Waals surface area (Å²) in [5.74, 6) is 1.25. The molecule has 1 fully saturated rings. The van der Waals surface area contributed by atoms with Crippen LogP contribution in [0.15, 0.2) is 0 Å². The largest absolute Gasteiger partial charge is 0.375 e. The standard InChI is InChI=1S/C13H27NO3S/c1-5-18(15,16)8-6-7-12(14)13-9(2)10(3)17-11(13)4/h9-13H,5-8,14H2,1-4H3. The third-order valence-electron chi connectivity index (χ3n) is 4.25. The van der Waals surface area contributed by atoms with Crippen LogP contribution in [0, 0.1) is 11.8 Å². The Hall–Kier alpha value is -0.130. The lowest BCUT2D eigenvalue weighted by molar-refractivity contribution is 0.0487. The first kappa shape index (κ1) is 15.9. The molecule has 0 aromatic rings. The second kappa shape index (κ2) is 6.35. The molecule has 0 radical (unpaired) electrons. The zero-order valence-corrected chi connectivity index (χ0v) is 12.7.